The van der Waals surface area contributed by atoms with Crippen LogP contribution in [0.3, 0.4) is 0 Å². The highest BCUT2D eigenvalue weighted by Gasteiger charge is 2.30. The maximum absolute atomic E-state index is 13.9. The van der Waals surface area contributed by atoms with Gasteiger partial charge in [0.15, 0.2) is 9.84 Å². The van der Waals surface area contributed by atoms with Crippen molar-refractivity contribution in [3.8, 4) is 0 Å². The Morgan fingerprint density at radius 2 is 1.23 bits per heavy atom. The SMILES string of the molecule is CS(=O)(=O)c1ccc(C2=CC(F)C=C2c2ccc(C(F)(F)F)cc2)cc1. The van der Waals surface area contributed by atoms with Gasteiger partial charge in [0.1, 0.15) is 6.17 Å². The first-order valence-electron chi connectivity index (χ1n) is 7.62. The van der Waals surface area contributed by atoms with Crippen molar-refractivity contribution in [2.45, 2.75) is 17.2 Å². The van der Waals surface area contributed by atoms with Crippen molar-refractivity contribution in [3.63, 3.8) is 0 Å². The van der Waals surface area contributed by atoms with Gasteiger partial charge in [-0.3, -0.25) is 0 Å². The number of hydrogen-bond acceptors (Lipinski definition) is 2. The summed E-state index contributed by atoms with van der Waals surface area (Å²) in [6.45, 7) is 0. The second-order valence-corrected chi connectivity index (χ2v) is 7.99. The molecule has 26 heavy (non-hydrogen) atoms. The lowest BCUT2D eigenvalue weighted by molar-refractivity contribution is -0.137. The monoisotopic (exact) mass is 382 g/mol. The molecular weight excluding hydrogens is 368 g/mol. The average Bonchev–Trinajstić information content (AvgIpc) is 2.95. The van der Waals surface area contributed by atoms with E-state index in [-0.39, 0.29) is 4.90 Å². The predicted molar refractivity (Wildman–Crippen MR) is 91.8 cm³/mol. The molecule has 1 atom stereocenters. The van der Waals surface area contributed by atoms with E-state index in [1.807, 2.05) is 0 Å². The van der Waals surface area contributed by atoms with Gasteiger partial charge in [0.2, 0.25) is 0 Å². The topological polar surface area (TPSA) is 34.1 Å². The summed E-state index contributed by atoms with van der Waals surface area (Å²) in [6, 6.07) is 10.4. The van der Waals surface area contributed by atoms with Crippen molar-refractivity contribution in [2.75, 3.05) is 6.26 Å². The molecule has 0 radical (unpaired) electrons. The van der Waals surface area contributed by atoms with Gasteiger partial charge in [-0.15, -0.1) is 0 Å². The van der Waals surface area contributed by atoms with Crippen LogP contribution in [0.15, 0.2) is 65.6 Å². The molecule has 0 spiro atoms. The standard InChI is InChI=1S/C19H14F4O2S/c1-26(24,25)16-8-4-13(5-9-16)18-11-15(20)10-17(18)12-2-6-14(7-3-12)19(21,22)23/h2-11,15H,1H3. The smallest absolute Gasteiger partial charge is 0.238 e. The van der Waals surface area contributed by atoms with Crippen LogP contribution in [0, 0.1) is 0 Å². The van der Waals surface area contributed by atoms with E-state index in [0.717, 1.165) is 18.4 Å². The maximum Gasteiger partial charge on any atom is 0.416 e. The molecule has 0 heterocycles. The van der Waals surface area contributed by atoms with Crippen LogP contribution in [-0.4, -0.2) is 20.8 Å². The van der Waals surface area contributed by atoms with Gasteiger partial charge in [-0.25, -0.2) is 12.8 Å². The zero-order valence-electron chi connectivity index (χ0n) is 13.6. The summed E-state index contributed by atoms with van der Waals surface area (Å²) in [7, 11) is -3.35. The third kappa shape index (κ3) is 3.72. The van der Waals surface area contributed by atoms with E-state index < -0.39 is 27.7 Å². The minimum Gasteiger partial charge on any atom is -0.238 e. The van der Waals surface area contributed by atoms with Crippen molar-refractivity contribution in [1.29, 1.82) is 0 Å². The number of rotatable bonds is 3. The second kappa shape index (κ2) is 6.39. The Kier molecular flexibility index (Phi) is 4.52. The van der Waals surface area contributed by atoms with Crippen molar-refractivity contribution in [3.05, 3.63) is 77.4 Å². The maximum atomic E-state index is 13.9. The van der Waals surface area contributed by atoms with E-state index in [4.69, 9.17) is 0 Å². The van der Waals surface area contributed by atoms with Crippen LogP contribution >= 0.6 is 0 Å². The Morgan fingerprint density at radius 1 is 0.808 bits per heavy atom. The molecule has 0 N–H and O–H groups in total. The van der Waals surface area contributed by atoms with E-state index in [2.05, 4.69) is 0 Å². The summed E-state index contributed by atoms with van der Waals surface area (Å²) in [6.07, 6.45) is -2.05. The summed E-state index contributed by atoms with van der Waals surface area (Å²) in [5.74, 6) is 0. The van der Waals surface area contributed by atoms with Crippen LogP contribution < -0.4 is 0 Å². The average molecular weight is 382 g/mol. The van der Waals surface area contributed by atoms with Gasteiger partial charge in [-0.05, 0) is 58.7 Å². The van der Waals surface area contributed by atoms with Gasteiger partial charge in [0.25, 0.3) is 0 Å². The number of halogens is 4. The third-order valence-corrected chi connectivity index (χ3v) is 5.19. The van der Waals surface area contributed by atoms with Gasteiger partial charge in [-0.1, -0.05) is 24.3 Å². The molecule has 1 unspecified atom stereocenters. The lowest BCUT2D eigenvalue weighted by Crippen LogP contribution is -2.04. The lowest BCUT2D eigenvalue weighted by atomic mass is 9.94. The van der Waals surface area contributed by atoms with Crippen molar-refractivity contribution in [2.24, 2.45) is 0 Å². The molecule has 1 aliphatic rings. The van der Waals surface area contributed by atoms with Gasteiger partial charge in [0.05, 0.1) is 10.5 Å². The van der Waals surface area contributed by atoms with Gasteiger partial charge in [0, 0.05) is 6.26 Å². The highest BCUT2D eigenvalue weighted by Crippen LogP contribution is 2.38. The third-order valence-electron chi connectivity index (χ3n) is 4.06. The highest BCUT2D eigenvalue weighted by molar-refractivity contribution is 7.90. The fourth-order valence-electron chi connectivity index (χ4n) is 2.77. The summed E-state index contributed by atoms with van der Waals surface area (Å²) in [5, 5.41) is 0. The summed E-state index contributed by atoms with van der Waals surface area (Å²) in [5.41, 5.74) is 1.25. The summed E-state index contributed by atoms with van der Waals surface area (Å²) >= 11 is 0. The molecule has 2 aromatic carbocycles. The van der Waals surface area contributed by atoms with Crippen LogP contribution in [0.1, 0.15) is 16.7 Å². The molecular formula is C19H14F4O2S. The first-order valence-corrected chi connectivity index (χ1v) is 9.51. The lowest BCUT2D eigenvalue weighted by Gasteiger charge is -2.12. The Labute approximate surface area is 148 Å². The van der Waals surface area contributed by atoms with E-state index >= 15 is 0 Å². The fourth-order valence-corrected chi connectivity index (χ4v) is 3.40. The fraction of sp³-hybridized carbons (Fsp3) is 0.158. The van der Waals surface area contributed by atoms with Crippen molar-refractivity contribution < 1.29 is 26.0 Å². The minimum atomic E-state index is -4.44. The molecule has 0 aromatic heterocycles. The molecule has 0 fully saturated rings. The molecule has 0 bridgehead atoms. The first kappa shape index (κ1) is 18.4. The van der Waals surface area contributed by atoms with Crippen molar-refractivity contribution >= 4 is 21.0 Å². The van der Waals surface area contributed by atoms with Gasteiger partial charge < -0.3 is 0 Å². The Balaban J connectivity index is 1.96. The molecule has 0 saturated heterocycles. The number of benzene rings is 2. The molecule has 7 heteroatoms. The van der Waals surface area contributed by atoms with Gasteiger partial charge in [-0.2, -0.15) is 13.2 Å². The largest absolute Gasteiger partial charge is 0.416 e. The zero-order chi connectivity index (χ0) is 19.1. The molecule has 0 amide bonds. The normalized spacial score (nSPS) is 17.8. The first-order chi connectivity index (χ1) is 12.1. The quantitative estimate of drug-likeness (QED) is 0.706. The highest BCUT2D eigenvalue weighted by atomic mass is 32.2. The van der Waals surface area contributed by atoms with E-state index in [0.29, 0.717) is 22.3 Å². The second-order valence-electron chi connectivity index (χ2n) is 5.98. The molecule has 0 saturated carbocycles. The molecule has 0 aliphatic heterocycles. The number of alkyl halides is 4. The van der Waals surface area contributed by atoms with Crippen LogP contribution in [0.2, 0.25) is 0 Å². The molecule has 1 aliphatic carbocycles. The van der Waals surface area contributed by atoms with Crippen LogP contribution in [0.5, 0.6) is 0 Å². The molecule has 2 aromatic rings. The minimum absolute atomic E-state index is 0.136. The summed E-state index contributed by atoms with van der Waals surface area (Å²) < 4.78 is 75.1. The number of allylic oxidation sites excluding steroid dienone is 4. The number of sulfone groups is 1. The van der Waals surface area contributed by atoms with Crippen molar-refractivity contribution in [1.82, 2.24) is 0 Å². The van der Waals surface area contributed by atoms with Crippen LogP contribution in [-0.2, 0) is 16.0 Å². The van der Waals surface area contributed by atoms with Crippen LogP contribution in [0.4, 0.5) is 17.6 Å². The van der Waals surface area contributed by atoms with E-state index in [1.165, 1.54) is 36.4 Å². The van der Waals surface area contributed by atoms with Crippen LogP contribution in [0.25, 0.3) is 11.1 Å². The predicted octanol–water partition coefficient (Wildman–Crippen LogP) is 4.93. The molecule has 2 nitrogen and oxygen atoms in total. The molecule has 136 valence electrons. The summed E-state index contributed by atoms with van der Waals surface area (Å²) in [4.78, 5) is 0.136. The Morgan fingerprint density at radius 3 is 1.62 bits per heavy atom. The Hall–Kier alpha value is -2.41. The Bertz CT molecular complexity index is 983. The molecule has 3 rings (SSSR count). The number of hydrogen-bond donors (Lipinski definition) is 0. The van der Waals surface area contributed by atoms with E-state index in [9.17, 15) is 26.0 Å². The zero-order valence-corrected chi connectivity index (χ0v) is 14.4. The van der Waals surface area contributed by atoms with Gasteiger partial charge >= 0.3 is 6.18 Å². The van der Waals surface area contributed by atoms with E-state index in [1.54, 1.807) is 12.1 Å².